The van der Waals surface area contributed by atoms with Crippen LogP contribution in [-0.2, 0) is 13.1 Å². The summed E-state index contributed by atoms with van der Waals surface area (Å²) in [5.74, 6) is 1.54. The van der Waals surface area contributed by atoms with Crippen LogP contribution in [0.25, 0.3) is 17.0 Å². The van der Waals surface area contributed by atoms with Crippen molar-refractivity contribution in [2.24, 2.45) is 0 Å². The van der Waals surface area contributed by atoms with Crippen molar-refractivity contribution >= 4 is 22.8 Å². The van der Waals surface area contributed by atoms with E-state index in [0.29, 0.717) is 6.54 Å². The average molecular weight is 387 g/mol. The molecule has 4 heterocycles. The van der Waals surface area contributed by atoms with E-state index in [1.165, 1.54) is 11.1 Å². The highest BCUT2D eigenvalue weighted by atomic mass is 32.1. The number of aromatic nitrogens is 6. The maximum atomic E-state index is 4.65. The van der Waals surface area contributed by atoms with Crippen molar-refractivity contribution < 1.29 is 0 Å². The number of anilines is 1. The highest BCUT2D eigenvalue weighted by Crippen LogP contribution is 2.21. The van der Waals surface area contributed by atoms with Gasteiger partial charge in [0.05, 0.1) is 6.33 Å². The van der Waals surface area contributed by atoms with Crippen LogP contribution in [0.4, 0.5) is 5.82 Å². The van der Waals surface area contributed by atoms with Gasteiger partial charge in [0.15, 0.2) is 11.5 Å². The van der Waals surface area contributed by atoms with E-state index in [-0.39, 0.29) is 0 Å². The van der Waals surface area contributed by atoms with E-state index in [1.54, 1.807) is 22.0 Å². The number of hydrogen-bond donors (Lipinski definition) is 1. The number of nitrogens with zero attached hydrogens (tertiary/aromatic N) is 6. The standard InChI is InChI=1S/C20H17N7S/c1-3-16(12-26-9-8-21-14-26)4-2-15(1)11-22-18-5-6-19-23-24-20(27(19)25-18)17-7-10-28-13-17/h1-10,13-14H,11-12H2,(H,22,25). The van der Waals surface area contributed by atoms with Gasteiger partial charge in [-0.3, -0.25) is 0 Å². The van der Waals surface area contributed by atoms with Crippen LogP contribution in [0.1, 0.15) is 11.1 Å². The molecule has 138 valence electrons. The Bertz CT molecular complexity index is 1180. The molecule has 28 heavy (non-hydrogen) atoms. The molecule has 0 fully saturated rings. The normalized spacial score (nSPS) is 11.1. The van der Waals surface area contributed by atoms with Gasteiger partial charge in [0.2, 0.25) is 0 Å². The van der Waals surface area contributed by atoms with E-state index in [2.05, 4.69) is 54.4 Å². The number of nitrogens with one attached hydrogen (secondary N) is 1. The van der Waals surface area contributed by atoms with Crippen LogP contribution in [0.2, 0.25) is 0 Å². The molecule has 0 aliphatic rings. The third-order valence-electron chi connectivity index (χ3n) is 4.46. The van der Waals surface area contributed by atoms with Crippen LogP contribution in [0.5, 0.6) is 0 Å². The Labute approximate surface area is 165 Å². The molecule has 0 saturated heterocycles. The van der Waals surface area contributed by atoms with Crippen LogP contribution >= 0.6 is 11.3 Å². The van der Waals surface area contributed by atoms with Crippen molar-refractivity contribution in [3.05, 3.63) is 83.1 Å². The van der Waals surface area contributed by atoms with Gasteiger partial charge in [-0.15, -0.1) is 15.3 Å². The maximum Gasteiger partial charge on any atom is 0.186 e. The topological polar surface area (TPSA) is 72.9 Å². The predicted octanol–water partition coefficient (Wildman–Crippen LogP) is 3.71. The van der Waals surface area contributed by atoms with Gasteiger partial charge in [-0.1, -0.05) is 24.3 Å². The van der Waals surface area contributed by atoms with Crippen LogP contribution in [0, 0.1) is 0 Å². The van der Waals surface area contributed by atoms with Gasteiger partial charge in [0.25, 0.3) is 0 Å². The summed E-state index contributed by atoms with van der Waals surface area (Å²) in [6.07, 6.45) is 5.58. The maximum absolute atomic E-state index is 4.65. The van der Waals surface area contributed by atoms with E-state index in [0.717, 1.165) is 29.4 Å². The Morgan fingerprint density at radius 3 is 2.64 bits per heavy atom. The summed E-state index contributed by atoms with van der Waals surface area (Å²) in [6.45, 7) is 1.52. The van der Waals surface area contributed by atoms with Gasteiger partial charge in [0.1, 0.15) is 5.82 Å². The molecule has 0 saturated carbocycles. The number of thiophene rings is 1. The van der Waals surface area contributed by atoms with Crippen LogP contribution in [0.15, 0.2) is 71.9 Å². The molecule has 0 amide bonds. The fourth-order valence-corrected chi connectivity index (χ4v) is 3.64. The average Bonchev–Trinajstić information content (AvgIpc) is 3.48. The van der Waals surface area contributed by atoms with Gasteiger partial charge in [-0.25, -0.2) is 4.98 Å². The molecule has 0 radical (unpaired) electrons. The van der Waals surface area contributed by atoms with E-state index < -0.39 is 0 Å². The SMILES string of the molecule is c1cn(Cc2ccc(CNc3ccc4nnc(-c5ccsc5)n4n3)cc2)cn1. The third kappa shape index (κ3) is 3.37. The minimum atomic E-state index is 0.694. The summed E-state index contributed by atoms with van der Waals surface area (Å²) in [6, 6.07) is 14.4. The molecular formula is C20H17N7S. The lowest BCUT2D eigenvalue weighted by Crippen LogP contribution is -2.05. The Kier molecular flexibility index (Phi) is 4.30. The molecule has 0 aliphatic carbocycles. The van der Waals surface area contributed by atoms with Crippen LogP contribution in [-0.4, -0.2) is 29.4 Å². The third-order valence-corrected chi connectivity index (χ3v) is 5.15. The molecule has 0 atom stereocenters. The fourth-order valence-electron chi connectivity index (χ4n) is 3.00. The molecule has 0 unspecified atom stereocenters. The lowest BCUT2D eigenvalue weighted by molar-refractivity contribution is 0.797. The highest BCUT2D eigenvalue weighted by molar-refractivity contribution is 7.08. The molecule has 5 rings (SSSR count). The molecule has 7 nitrogen and oxygen atoms in total. The number of rotatable bonds is 6. The predicted molar refractivity (Wildman–Crippen MR) is 109 cm³/mol. The molecule has 0 spiro atoms. The molecule has 0 bridgehead atoms. The summed E-state index contributed by atoms with van der Waals surface area (Å²) < 4.78 is 3.83. The van der Waals surface area contributed by atoms with Gasteiger partial charge < -0.3 is 9.88 Å². The second-order valence-electron chi connectivity index (χ2n) is 6.43. The van der Waals surface area contributed by atoms with E-state index in [4.69, 9.17) is 0 Å². The van der Waals surface area contributed by atoms with Gasteiger partial charge >= 0.3 is 0 Å². The fraction of sp³-hybridized carbons (Fsp3) is 0.100. The summed E-state index contributed by atoms with van der Waals surface area (Å²) in [7, 11) is 0. The molecular weight excluding hydrogens is 370 g/mol. The monoisotopic (exact) mass is 387 g/mol. The van der Waals surface area contributed by atoms with E-state index >= 15 is 0 Å². The minimum absolute atomic E-state index is 0.694. The van der Waals surface area contributed by atoms with Gasteiger partial charge in [-0.2, -0.15) is 15.9 Å². The second-order valence-corrected chi connectivity index (χ2v) is 7.21. The highest BCUT2D eigenvalue weighted by Gasteiger charge is 2.10. The van der Waals surface area contributed by atoms with Crippen molar-refractivity contribution in [2.75, 3.05) is 5.32 Å². The Balaban J connectivity index is 1.30. The Hall–Kier alpha value is -3.52. The zero-order valence-corrected chi connectivity index (χ0v) is 15.8. The van der Waals surface area contributed by atoms with Gasteiger partial charge in [-0.05, 0) is 34.7 Å². The molecule has 0 aliphatic heterocycles. The summed E-state index contributed by atoms with van der Waals surface area (Å²) in [5, 5.41) is 20.6. The van der Waals surface area contributed by atoms with Crippen molar-refractivity contribution in [1.82, 2.24) is 29.4 Å². The van der Waals surface area contributed by atoms with Gasteiger partial charge in [0, 0.05) is 36.4 Å². The lowest BCUT2D eigenvalue weighted by atomic mass is 10.1. The van der Waals surface area contributed by atoms with Crippen molar-refractivity contribution in [3.63, 3.8) is 0 Å². The first-order chi connectivity index (χ1) is 13.8. The molecule has 4 aromatic heterocycles. The quantitative estimate of drug-likeness (QED) is 0.481. The molecule has 1 aromatic carbocycles. The van der Waals surface area contributed by atoms with E-state index in [9.17, 15) is 0 Å². The van der Waals surface area contributed by atoms with Crippen LogP contribution in [0.3, 0.4) is 0 Å². The summed E-state index contributed by atoms with van der Waals surface area (Å²) in [4.78, 5) is 4.07. The molecule has 8 heteroatoms. The van der Waals surface area contributed by atoms with Crippen LogP contribution < -0.4 is 5.32 Å². The number of hydrogen-bond acceptors (Lipinski definition) is 6. The number of imidazole rings is 1. The lowest BCUT2D eigenvalue weighted by Gasteiger charge is -2.08. The zero-order valence-electron chi connectivity index (χ0n) is 14.9. The molecule has 5 aromatic rings. The summed E-state index contributed by atoms with van der Waals surface area (Å²) in [5.41, 5.74) is 4.19. The smallest absolute Gasteiger partial charge is 0.186 e. The zero-order chi connectivity index (χ0) is 18.8. The molecule has 1 N–H and O–H groups in total. The first kappa shape index (κ1) is 16.6. The first-order valence-electron chi connectivity index (χ1n) is 8.88. The minimum Gasteiger partial charge on any atom is -0.365 e. The first-order valence-corrected chi connectivity index (χ1v) is 9.82. The summed E-state index contributed by atoms with van der Waals surface area (Å²) >= 11 is 1.63. The number of fused-ring (bicyclic) bond motifs is 1. The van der Waals surface area contributed by atoms with Crippen molar-refractivity contribution in [1.29, 1.82) is 0 Å². The second kappa shape index (κ2) is 7.24. The van der Waals surface area contributed by atoms with Crippen molar-refractivity contribution in [3.8, 4) is 11.4 Å². The van der Waals surface area contributed by atoms with Crippen molar-refractivity contribution in [2.45, 2.75) is 13.1 Å². The van der Waals surface area contributed by atoms with E-state index in [1.807, 2.05) is 41.5 Å². The Morgan fingerprint density at radius 1 is 0.964 bits per heavy atom. The number of benzene rings is 1. The Morgan fingerprint density at radius 2 is 1.86 bits per heavy atom. The largest absolute Gasteiger partial charge is 0.365 e.